The highest BCUT2D eigenvalue weighted by atomic mass is 16.5. The standard InChI is InChI=1S/C18H19NO2/c1-18(11-16(18)17(19)20)14-8-5-9-15(10-14)21-12-13-6-3-2-4-7-13/h2-10,16H,11-12H2,1H3,(H2,19,20)/t16?,18-/m0/s1. The van der Waals surface area contributed by atoms with Crippen LogP contribution < -0.4 is 10.5 Å². The molecule has 0 heterocycles. The monoisotopic (exact) mass is 281 g/mol. The molecule has 1 saturated carbocycles. The average Bonchev–Trinajstić information content (AvgIpc) is 3.21. The van der Waals surface area contributed by atoms with Crippen LogP contribution in [0.4, 0.5) is 0 Å². The van der Waals surface area contributed by atoms with Gasteiger partial charge in [-0.15, -0.1) is 0 Å². The maximum absolute atomic E-state index is 11.3. The minimum absolute atomic E-state index is 0.0538. The van der Waals surface area contributed by atoms with E-state index in [0.717, 1.165) is 23.3 Å². The van der Waals surface area contributed by atoms with Gasteiger partial charge >= 0.3 is 0 Å². The van der Waals surface area contributed by atoms with Crippen molar-refractivity contribution in [3.8, 4) is 5.75 Å². The first-order valence-corrected chi connectivity index (χ1v) is 7.16. The van der Waals surface area contributed by atoms with Crippen molar-refractivity contribution in [2.45, 2.75) is 25.4 Å². The number of nitrogens with two attached hydrogens (primary N) is 1. The third-order valence-electron chi connectivity index (χ3n) is 4.32. The van der Waals surface area contributed by atoms with Crippen LogP contribution in [0.15, 0.2) is 54.6 Å². The van der Waals surface area contributed by atoms with Crippen LogP contribution in [0.25, 0.3) is 0 Å². The van der Waals surface area contributed by atoms with Gasteiger partial charge in [-0.25, -0.2) is 0 Å². The Morgan fingerprint density at radius 2 is 2.00 bits per heavy atom. The second-order valence-electron chi connectivity index (χ2n) is 5.88. The second-order valence-corrected chi connectivity index (χ2v) is 5.88. The molecule has 0 aromatic heterocycles. The van der Waals surface area contributed by atoms with E-state index >= 15 is 0 Å². The Morgan fingerprint density at radius 3 is 2.67 bits per heavy atom. The SMILES string of the molecule is C[C@@]1(c2cccc(OCc3ccccc3)c2)CC1C(N)=O. The quantitative estimate of drug-likeness (QED) is 0.916. The molecule has 0 aliphatic heterocycles. The topological polar surface area (TPSA) is 52.3 Å². The normalized spacial score (nSPS) is 23.6. The van der Waals surface area contributed by atoms with Gasteiger partial charge in [0.1, 0.15) is 12.4 Å². The van der Waals surface area contributed by atoms with Crippen molar-refractivity contribution in [1.29, 1.82) is 0 Å². The number of amides is 1. The van der Waals surface area contributed by atoms with E-state index in [1.165, 1.54) is 0 Å². The number of benzene rings is 2. The van der Waals surface area contributed by atoms with Crippen LogP contribution in [-0.4, -0.2) is 5.91 Å². The Morgan fingerprint density at radius 1 is 1.24 bits per heavy atom. The summed E-state index contributed by atoms with van der Waals surface area (Å²) in [6, 6.07) is 18.0. The molecule has 2 aromatic carbocycles. The van der Waals surface area contributed by atoms with Crippen LogP contribution >= 0.6 is 0 Å². The largest absolute Gasteiger partial charge is 0.489 e. The number of rotatable bonds is 5. The van der Waals surface area contributed by atoms with Gasteiger partial charge in [0, 0.05) is 11.3 Å². The van der Waals surface area contributed by atoms with Gasteiger partial charge in [0.25, 0.3) is 0 Å². The summed E-state index contributed by atoms with van der Waals surface area (Å²) in [5, 5.41) is 0. The van der Waals surface area contributed by atoms with E-state index in [1.54, 1.807) is 0 Å². The highest BCUT2D eigenvalue weighted by molar-refractivity contribution is 5.82. The first-order valence-electron chi connectivity index (χ1n) is 7.16. The van der Waals surface area contributed by atoms with Crippen molar-refractivity contribution in [2.24, 2.45) is 11.7 Å². The Balaban J connectivity index is 1.71. The summed E-state index contributed by atoms with van der Waals surface area (Å²) in [5.41, 5.74) is 7.54. The van der Waals surface area contributed by atoms with Crippen LogP contribution in [0.5, 0.6) is 5.75 Å². The molecule has 1 unspecified atom stereocenters. The number of hydrogen-bond donors (Lipinski definition) is 1. The highest BCUT2D eigenvalue weighted by Gasteiger charge is 2.54. The Labute approximate surface area is 124 Å². The summed E-state index contributed by atoms with van der Waals surface area (Å²) in [6.07, 6.45) is 0.824. The van der Waals surface area contributed by atoms with E-state index in [1.807, 2.05) is 54.6 Å². The lowest BCUT2D eigenvalue weighted by molar-refractivity contribution is -0.119. The van der Waals surface area contributed by atoms with Gasteiger partial charge in [-0.05, 0) is 29.7 Å². The van der Waals surface area contributed by atoms with Crippen LogP contribution in [0, 0.1) is 5.92 Å². The van der Waals surface area contributed by atoms with Crippen LogP contribution in [0.1, 0.15) is 24.5 Å². The van der Waals surface area contributed by atoms with Crippen molar-refractivity contribution >= 4 is 5.91 Å². The summed E-state index contributed by atoms with van der Waals surface area (Å²) < 4.78 is 5.84. The molecule has 0 bridgehead atoms. The Bertz CT molecular complexity index is 653. The maximum atomic E-state index is 11.3. The number of ether oxygens (including phenoxy) is 1. The Kier molecular flexibility index (Phi) is 3.42. The molecule has 3 nitrogen and oxygen atoms in total. The van der Waals surface area contributed by atoms with Crippen molar-refractivity contribution in [2.75, 3.05) is 0 Å². The Hall–Kier alpha value is -2.29. The lowest BCUT2D eigenvalue weighted by Crippen LogP contribution is -2.19. The summed E-state index contributed by atoms with van der Waals surface area (Å²) in [7, 11) is 0. The fourth-order valence-electron chi connectivity index (χ4n) is 2.78. The molecule has 2 aromatic rings. The number of carbonyl (C=O) groups excluding carboxylic acids is 1. The van der Waals surface area contributed by atoms with Gasteiger partial charge in [0.2, 0.25) is 5.91 Å². The number of primary amides is 1. The summed E-state index contributed by atoms with van der Waals surface area (Å²) in [4.78, 5) is 11.3. The number of carbonyl (C=O) groups is 1. The summed E-state index contributed by atoms with van der Waals surface area (Å²) in [6.45, 7) is 2.62. The summed E-state index contributed by atoms with van der Waals surface area (Å²) in [5.74, 6) is 0.558. The molecule has 0 radical (unpaired) electrons. The van der Waals surface area contributed by atoms with Gasteiger partial charge in [-0.3, -0.25) is 4.79 Å². The fourth-order valence-corrected chi connectivity index (χ4v) is 2.78. The van der Waals surface area contributed by atoms with E-state index < -0.39 is 0 Å². The minimum atomic E-state index is -0.215. The van der Waals surface area contributed by atoms with Gasteiger partial charge < -0.3 is 10.5 Å². The van der Waals surface area contributed by atoms with Gasteiger partial charge in [-0.2, -0.15) is 0 Å². The van der Waals surface area contributed by atoms with Gasteiger partial charge in [0.15, 0.2) is 0 Å². The van der Waals surface area contributed by atoms with Crippen LogP contribution in [0.3, 0.4) is 0 Å². The average molecular weight is 281 g/mol. The third-order valence-corrected chi connectivity index (χ3v) is 4.32. The van der Waals surface area contributed by atoms with Crippen molar-refractivity contribution in [3.05, 3.63) is 65.7 Å². The number of hydrogen-bond acceptors (Lipinski definition) is 2. The van der Waals surface area contributed by atoms with Crippen molar-refractivity contribution in [1.82, 2.24) is 0 Å². The van der Waals surface area contributed by atoms with E-state index in [4.69, 9.17) is 10.5 Å². The zero-order valence-electron chi connectivity index (χ0n) is 12.1. The van der Waals surface area contributed by atoms with E-state index in [-0.39, 0.29) is 17.2 Å². The molecule has 0 spiro atoms. The molecule has 2 atom stereocenters. The first-order chi connectivity index (χ1) is 10.1. The molecule has 2 N–H and O–H groups in total. The molecule has 1 fully saturated rings. The molecule has 108 valence electrons. The van der Waals surface area contributed by atoms with Crippen LogP contribution in [0.2, 0.25) is 0 Å². The molecule has 21 heavy (non-hydrogen) atoms. The molecule has 1 aliphatic carbocycles. The van der Waals surface area contributed by atoms with Crippen molar-refractivity contribution < 1.29 is 9.53 Å². The van der Waals surface area contributed by atoms with Gasteiger partial charge in [-0.1, -0.05) is 49.4 Å². The highest BCUT2D eigenvalue weighted by Crippen LogP contribution is 2.54. The molecule has 1 amide bonds. The third kappa shape index (κ3) is 2.77. The van der Waals surface area contributed by atoms with Crippen molar-refractivity contribution in [3.63, 3.8) is 0 Å². The molecular formula is C18H19NO2. The minimum Gasteiger partial charge on any atom is -0.489 e. The first kappa shape index (κ1) is 13.7. The zero-order valence-corrected chi connectivity index (χ0v) is 12.1. The summed E-state index contributed by atoms with van der Waals surface area (Å²) >= 11 is 0. The lowest BCUT2D eigenvalue weighted by atomic mass is 9.95. The van der Waals surface area contributed by atoms with E-state index in [2.05, 4.69) is 6.92 Å². The second kappa shape index (κ2) is 5.24. The fraction of sp³-hybridized carbons (Fsp3) is 0.278. The molecule has 1 aliphatic rings. The predicted molar refractivity (Wildman–Crippen MR) is 81.9 cm³/mol. The molecule has 0 saturated heterocycles. The van der Waals surface area contributed by atoms with Crippen LogP contribution in [-0.2, 0) is 16.8 Å². The maximum Gasteiger partial charge on any atom is 0.221 e. The van der Waals surface area contributed by atoms with E-state index in [9.17, 15) is 4.79 Å². The smallest absolute Gasteiger partial charge is 0.221 e. The molecule has 3 rings (SSSR count). The zero-order chi connectivity index (χ0) is 14.9. The van der Waals surface area contributed by atoms with E-state index in [0.29, 0.717) is 6.61 Å². The van der Waals surface area contributed by atoms with Gasteiger partial charge in [0.05, 0.1) is 0 Å². The lowest BCUT2D eigenvalue weighted by Gasteiger charge is -2.13. The molecular weight excluding hydrogens is 262 g/mol. The molecule has 3 heteroatoms. The predicted octanol–water partition coefficient (Wildman–Crippen LogP) is 3.03.